The molecule has 10 heteroatoms. The minimum absolute atomic E-state index is 0.0288. The summed E-state index contributed by atoms with van der Waals surface area (Å²) in [6.45, 7) is 1.63. The highest BCUT2D eigenvalue weighted by molar-refractivity contribution is 7.12. The summed E-state index contributed by atoms with van der Waals surface area (Å²) in [5, 5.41) is 11.0. The van der Waals surface area contributed by atoms with E-state index in [0.29, 0.717) is 11.3 Å². The number of rotatable bonds is 6. The molecule has 1 unspecified atom stereocenters. The van der Waals surface area contributed by atoms with Crippen LogP contribution in [0.3, 0.4) is 0 Å². The van der Waals surface area contributed by atoms with Gasteiger partial charge in [0.1, 0.15) is 28.3 Å². The van der Waals surface area contributed by atoms with Crippen molar-refractivity contribution in [1.82, 2.24) is 0 Å². The van der Waals surface area contributed by atoms with Gasteiger partial charge in [0, 0.05) is 6.07 Å². The van der Waals surface area contributed by atoms with Crippen molar-refractivity contribution in [3.8, 4) is 11.5 Å². The molecule has 3 aromatic rings. The zero-order chi connectivity index (χ0) is 23.9. The van der Waals surface area contributed by atoms with Crippen LogP contribution in [0.25, 0.3) is 0 Å². The van der Waals surface area contributed by atoms with Gasteiger partial charge < -0.3 is 14.6 Å². The van der Waals surface area contributed by atoms with Gasteiger partial charge >= 0.3 is 5.97 Å². The first-order chi connectivity index (χ1) is 15.7. The average Bonchev–Trinajstić information content (AvgIpc) is 3.19. The van der Waals surface area contributed by atoms with Gasteiger partial charge in [0.05, 0.1) is 35.4 Å². The predicted octanol–water partition coefficient (Wildman–Crippen LogP) is 5.12. The lowest BCUT2D eigenvalue weighted by Gasteiger charge is -2.27. The second-order valence-corrected chi connectivity index (χ2v) is 8.50. The zero-order valence-corrected chi connectivity index (χ0v) is 19.0. The Balaban J connectivity index is 1.70. The summed E-state index contributed by atoms with van der Waals surface area (Å²) < 4.78 is 25.5. The quantitative estimate of drug-likeness (QED) is 0.483. The zero-order valence-electron chi connectivity index (χ0n) is 17.4. The molecule has 0 radical (unpaired) electrons. The summed E-state index contributed by atoms with van der Waals surface area (Å²) in [5.41, 5.74) is 0.590. The predicted molar refractivity (Wildman–Crippen MR) is 120 cm³/mol. The minimum Gasteiger partial charge on any atom is -0.496 e. The van der Waals surface area contributed by atoms with Crippen LogP contribution in [0.1, 0.15) is 44.2 Å². The van der Waals surface area contributed by atoms with Crippen molar-refractivity contribution < 1.29 is 33.4 Å². The number of hydrogen-bond donors (Lipinski definition) is 1. The molecule has 0 saturated carbocycles. The lowest BCUT2D eigenvalue weighted by atomic mass is 10.0. The van der Waals surface area contributed by atoms with Crippen LogP contribution in [0.4, 0.5) is 10.1 Å². The normalized spacial score (nSPS) is 14.1. The third-order valence-corrected chi connectivity index (χ3v) is 6.52. The van der Waals surface area contributed by atoms with E-state index < -0.39 is 29.7 Å². The lowest BCUT2D eigenvalue weighted by molar-refractivity contribution is -0.117. The topological polar surface area (TPSA) is 93.1 Å². The summed E-state index contributed by atoms with van der Waals surface area (Å²) >= 11 is 7.18. The number of halogens is 2. The molecule has 0 fully saturated rings. The van der Waals surface area contributed by atoms with Gasteiger partial charge in [0.2, 0.25) is 5.91 Å². The number of aromatic carboxylic acids is 1. The average molecular weight is 490 g/mol. The minimum atomic E-state index is -1.25. The molecule has 1 aliphatic heterocycles. The summed E-state index contributed by atoms with van der Waals surface area (Å²) in [6.07, 6.45) is -0.917. The van der Waals surface area contributed by atoms with Gasteiger partial charge in [-0.25, -0.2) is 14.1 Å². The highest BCUT2D eigenvalue weighted by atomic mass is 35.5. The summed E-state index contributed by atoms with van der Waals surface area (Å²) in [5.74, 6) is -2.55. The van der Waals surface area contributed by atoms with E-state index in [0.717, 1.165) is 16.2 Å². The number of carboxylic acid groups (broad SMARTS) is 1. The van der Waals surface area contributed by atoms with Gasteiger partial charge in [-0.2, -0.15) is 0 Å². The molecule has 2 heterocycles. The monoisotopic (exact) mass is 489 g/mol. The summed E-state index contributed by atoms with van der Waals surface area (Å²) in [7, 11) is 1.42. The molecular weight excluding hydrogens is 473 g/mol. The van der Waals surface area contributed by atoms with Crippen molar-refractivity contribution in [3.05, 3.63) is 74.2 Å². The molecule has 4 rings (SSSR count). The van der Waals surface area contributed by atoms with Crippen molar-refractivity contribution in [2.45, 2.75) is 19.4 Å². The Morgan fingerprint density at radius 1 is 1.27 bits per heavy atom. The molecule has 33 heavy (non-hydrogen) atoms. The van der Waals surface area contributed by atoms with Gasteiger partial charge in [0.15, 0.2) is 0 Å². The number of anilines is 1. The van der Waals surface area contributed by atoms with Crippen molar-refractivity contribution in [1.29, 1.82) is 0 Å². The maximum atomic E-state index is 14.4. The molecular formula is C23H17ClFNO6S. The Labute approximate surface area is 196 Å². The van der Waals surface area contributed by atoms with E-state index in [1.807, 2.05) is 0 Å². The first kappa shape index (κ1) is 22.8. The third-order valence-electron chi connectivity index (χ3n) is 5.18. The highest BCUT2D eigenvalue weighted by Crippen LogP contribution is 2.38. The van der Waals surface area contributed by atoms with Gasteiger partial charge in [-0.05, 0) is 42.1 Å². The maximum Gasteiger partial charge on any atom is 0.346 e. The number of benzene rings is 2. The number of thiophene rings is 1. The van der Waals surface area contributed by atoms with E-state index in [9.17, 15) is 23.9 Å². The Morgan fingerprint density at radius 3 is 2.73 bits per heavy atom. The van der Waals surface area contributed by atoms with Crippen molar-refractivity contribution >= 4 is 46.4 Å². The van der Waals surface area contributed by atoms with Crippen LogP contribution >= 0.6 is 22.9 Å². The SMILES string of the molecule is COc1cccc(F)c1C(C)Oc1ccc(Cl)c(N2C(=O)Cc3csc(C(=O)O)c3C2=O)c1. The molecule has 170 valence electrons. The lowest BCUT2D eigenvalue weighted by Crippen LogP contribution is -2.42. The fourth-order valence-corrected chi connectivity index (χ4v) is 4.82. The highest BCUT2D eigenvalue weighted by Gasteiger charge is 2.38. The molecule has 0 spiro atoms. The van der Waals surface area contributed by atoms with E-state index in [1.54, 1.807) is 13.0 Å². The molecule has 0 saturated heterocycles. The fourth-order valence-electron chi connectivity index (χ4n) is 3.72. The number of amides is 2. The molecule has 7 nitrogen and oxygen atoms in total. The van der Waals surface area contributed by atoms with Gasteiger partial charge in [-0.3, -0.25) is 9.59 Å². The van der Waals surface area contributed by atoms with Crippen molar-refractivity contribution in [3.63, 3.8) is 0 Å². The van der Waals surface area contributed by atoms with Crippen LogP contribution in [-0.2, 0) is 11.2 Å². The third kappa shape index (κ3) is 4.05. The Bertz CT molecular complexity index is 1290. The molecule has 1 atom stereocenters. The number of nitrogens with zero attached hydrogens (tertiary/aromatic N) is 1. The van der Waals surface area contributed by atoms with Gasteiger partial charge in [-0.1, -0.05) is 17.7 Å². The summed E-state index contributed by atoms with van der Waals surface area (Å²) in [6, 6.07) is 8.76. The van der Waals surface area contributed by atoms with E-state index in [4.69, 9.17) is 21.1 Å². The van der Waals surface area contributed by atoms with E-state index >= 15 is 0 Å². The summed E-state index contributed by atoms with van der Waals surface area (Å²) in [4.78, 5) is 38.2. The number of fused-ring (bicyclic) bond motifs is 1. The van der Waals surface area contributed by atoms with Crippen LogP contribution in [0.2, 0.25) is 5.02 Å². The van der Waals surface area contributed by atoms with Crippen molar-refractivity contribution in [2.75, 3.05) is 12.0 Å². The first-order valence-electron chi connectivity index (χ1n) is 9.72. The number of carbonyl (C=O) groups is 3. The maximum absolute atomic E-state index is 14.4. The molecule has 0 bridgehead atoms. The number of imide groups is 1. The second kappa shape index (κ2) is 8.84. The van der Waals surface area contributed by atoms with Crippen LogP contribution in [0.15, 0.2) is 41.8 Å². The molecule has 1 aromatic heterocycles. The number of hydrogen-bond acceptors (Lipinski definition) is 6. The Morgan fingerprint density at radius 2 is 2.03 bits per heavy atom. The standard InChI is InChI=1S/C23H17ClFNO6S/c1-11(19-15(25)4-3-5-17(19)31-2)32-13-6-7-14(24)16(9-13)26-18(27)8-12-10-33-21(23(29)30)20(12)22(26)28/h3-7,9-11H,8H2,1-2H3,(H,29,30). The van der Waals surface area contributed by atoms with Gasteiger partial charge in [0.25, 0.3) is 5.91 Å². The number of ether oxygens (including phenoxy) is 2. The molecule has 2 aromatic carbocycles. The van der Waals surface area contributed by atoms with Crippen LogP contribution in [0, 0.1) is 5.82 Å². The molecule has 1 N–H and O–H groups in total. The van der Waals surface area contributed by atoms with E-state index in [2.05, 4.69) is 0 Å². The van der Waals surface area contributed by atoms with Gasteiger partial charge in [-0.15, -0.1) is 11.3 Å². The van der Waals surface area contributed by atoms with Crippen molar-refractivity contribution in [2.24, 2.45) is 0 Å². The first-order valence-corrected chi connectivity index (χ1v) is 11.0. The van der Waals surface area contributed by atoms with Crippen LogP contribution in [-0.4, -0.2) is 30.0 Å². The number of carbonyl (C=O) groups excluding carboxylic acids is 2. The second-order valence-electron chi connectivity index (χ2n) is 7.21. The number of carboxylic acids is 1. The number of methoxy groups -OCH3 is 1. The largest absolute Gasteiger partial charge is 0.496 e. The van der Waals surface area contributed by atoms with E-state index in [-0.39, 0.29) is 38.9 Å². The van der Waals surface area contributed by atoms with E-state index in [1.165, 1.54) is 42.8 Å². The molecule has 0 aliphatic carbocycles. The van der Waals surface area contributed by atoms with Crippen LogP contribution in [0.5, 0.6) is 11.5 Å². The fraction of sp³-hybridized carbons (Fsp3) is 0.174. The Hall–Kier alpha value is -3.43. The molecule has 2 amide bonds. The smallest absolute Gasteiger partial charge is 0.346 e. The Kier molecular flexibility index (Phi) is 6.09. The molecule has 1 aliphatic rings. The van der Waals surface area contributed by atoms with Crippen LogP contribution < -0.4 is 14.4 Å².